The lowest BCUT2D eigenvalue weighted by Crippen LogP contribution is -2.17. The van der Waals surface area contributed by atoms with Crippen LogP contribution in [0.25, 0.3) is 0 Å². The zero-order valence-electron chi connectivity index (χ0n) is 12.8. The normalized spacial score (nSPS) is 25.5. The third-order valence-corrected chi connectivity index (χ3v) is 5.96. The molecule has 1 aliphatic rings. The molecular weight excluding hydrogens is 252 g/mol. The Morgan fingerprint density at radius 1 is 1.37 bits per heavy atom. The summed E-state index contributed by atoms with van der Waals surface area (Å²) in [5.74, 6) is 1.66. The molecule has 0 aromatic carbocycles. The van der Waals surface area contributed by atoms with Gasteiger partial charge in [-0.2, -0.15) is 0 Å². The van der Waals surface area contributed by atoms with Crippen molar-refractivity contribution in [2.45, 2.75) is 71.8 Å². The Morgan fingerprint density at radius 3 is 2.84 bits per heavy atom. The quantitative estimate of drug-likeness (QED) is 0.837. The fraction of sp³-hybridized carbons (Fsp3) is 0.812. The van der Waals surface area contributed by atoms with E-state index in [4.69, 9.17) is 4.98 Å². The lowest BCUT2D eigenvalue weighted by Gasteiger charge is -2.26. The van der Waals surface area contributed by atoms with Crippen LogP contribution in [-0.4, -0.2) is 11.5 Å². The molecule has 1 aliphatic carbocycles. The van der Waals surface area contributed by atoms with Gasteiger partial charge in [0.15, 0.2) is 0 Å². The molecule has 0 bridgehead atoms. The third kappa shape index (κ3) is 3.57. The van der Waals surface area contributed by atoms with E-state index in [1.165, 1.54) is 47.7 Å². The highest BCUT2D eigenvalue weighted by molar-refractivity contribution is 7.11. The maximum Gasteiger partial charge on any atom is 0.0962 e. The summed E-state index contributed by atoms with van der Waals surface area (Å²) in [6.45, 7) is 9.95. The van der Waals surface area contributed by atoms with Gasteiger partial charge in [0.2, 0.25) is 0 Å². The van der Waals surface area contributed by atoms with Gasteiger partial charge in [-0.25, -0.2) is 4.98 Å². The fourth-order valence-corrected chi connectivity index (χ4v) is 4.53. The van der Waals surface area contributed by atoms with Crippen molar-refractivity contribution in [3.63, 3.8) is 0 Å². The fourth-order valence-electron chi connectivity index (χ4n) is 3.29. The van der Waals surface area contributed by atoms with Crippen LogP contribution in [0.4, 0.5) is 0 Å². The Bertz CT molecular complexity index is 399. The molecule has 3 heteroatoms. The van der Waals surface area contributed by atoms with E-state index in [9.17, 15) is 0 Å². The highest BCUT2D eigenvalue weighted by Crippen LogP contribution is 2.40. The molecule has 0 saturated heterocycles. The molecule has 19 heavy (non-hydrogen) atoms. The van der Waals surface area contributed by atoms with E-state index in [0.29, 0.717) is 6.04 Å². The molecule has 1 heterocycles. The van der Waals surface area contributed by atoms with Crippen LogP contribution in [0.2, 0.25) is 0 Å². The first-order valence-electron chi connectivity index (χ1n) is 7.86. The molecule has 1 fully saturated rings. The number of nitrogens with zero attached hydrogens (tertiary/aromatic N) is 1. The van der Waals surface area contributed by atoms with E-state index in [1.54, 1.807) is 0 Å². The van der Waals surface area contributed by atoms with Crippen molar-refractivity contribution in [1.82, 2.24) is 10.3 Å². The second kappa shape index (κ2) is 6.85. The van der Waals surface area contributed by atoms with Gasteiger partial charge in [0, 0.05) is 16.8 Å². The number of rotatable bonds is 5. The number of aromatic nitrogens is 1. The number of nitrogens with one attached hydrogen (secondary N) is 1. The highest BCUT2D eigenvalue weighted by Gasteiger charge is 2.25. The molecule has 1 aromatic rings. The predicted molar refractivity (Wildman–Crippen MR) is 83.9 cm³/mol. The number of hydrogen-bond acceptors (Lipinski definition) is 3. The smallest absolute Gasteiger partial charge is 0.0962 e. The molecule has 3 atom stereocenters. The van der Waals surface area contributed by atoms with Crippen LogP contribution in [-0.2, 0) is 0 Å². The molecule has 2 rings (SSSR count). The first-order chi connectivity index (χ1) is 9.15. The minimum atomic E-state index is 0.446. The molecule has 0 spiro atoms. The minimum Gasteiger partial charge on any atom is -0.310 e. The molecule has 0 radical (unpaired) electrons. The maximum atomic E-state index is 4.88. The average molecular weight is 280 g/mol. The summed E-state index contributed by atoms with van der Waals surface area (Å²) in [5.41, 5.74) is 1.24. The standard InChI is InChI=1S/C16H28N2S/c1-5-13-8-7-9-14(10-13)16-18-12(4)15(19-16)11(3)17-6-2/h11,13-14,17H,5-10H2,1-4H3. The van der Waals surface area contributed by atoms with E-state index in [2.05, 4.69) is 33.0 Å². The predicted octanol–water partition coefficient (Wildman–Crippen LogP) is 4.81. The SMILES string of the molecule is CCNC(C)c1sc(C2CCCC(CC)C2)nc1C. The van der Waals surface area contributed by atoms with Crippen LogP contribution in [0.5, 0.6) is 0 Å². The van der Waals surface area contributed by atoms with E-state index in [-0.39, 0.29) is 0 Å². The zero-order chi connectivity index (χ0) is 13.8. The van der Waals surface area contributed by atoms with E-state index >= 15 is 0 Å². The monoisotopic (exact) mass is 280 g/mol. The van der Waals surface area contributed by atoms with Crippen LogP contribution in [0.15, 0.2) is 0 Å². The van der Waals surface area contributed by atoms with Crippen LogP contribution in [0.1, 0.15) is 80.4 Å². The molecule has 0 aliphatic heterocycles. The Morgan fingerprint density at radius 2 is 2.16 bits per heavy atom. The first kappa shape index (κ1) is 15.0. The zero-order valence-corrected chi connectivity index (χ0v) is 13.6. The van der Waals surface area contributed by atoms with E-state index in [0.717, 1.165) is 18.4 Å². The molecule has 1 saturated carbocycles. The van der Waals surface area contributed by atoms with E-state index < -0.39 is 0 Å². The van der Waals surface area contributed by atoms with Crippen LogP contribution in [0.3, 0.4) is 0 Å². The minimum absolute atomic E-state index is 0.446. The second-order valence-corrected chi connectivity index (χ2v) is 6.98. The van der Waals surface area contributed by atoms with Crippen molar-refractivity contribution in [3.8, 4) is 0 Å². The average Bonchev–Trinajstić information content (AvgIpc) is 2.81. The molecule has 1 N–H and O–H groups in total. The molecular formula is C16H28N2S. The summed E-state index contributed by atoms with van der Waals surface area (Å²) in [4.78, 5) is 6.33. The van der Waals surface area contributed by atoms with Crippen LogP contribution < -0.4 is 5.32 Å². The third-order valence-electron chi connectivity index (χ3n) is 4.46. The molecule has 3 unspecified atom stereocenters. The van der Waals surface area contributed by atoms with Gasteiger partial charge in [0.25, 0.3) is 0 Å². The summed E-state index contributed by atoms with van der Waals surface area (Å²) in [7, 11) is 0. The van der Waals surface area contributed by atoms with Gasteiger partial charge in [0.05, 0.1) is 10.7 Å². The van der Waals surface area contributed by atoms with Crippen LogP contribution >= 0.6 is 11.3 Å². The van der Waals surface area contributed by atoms with Gasteiger partial charge in [-0.15, -0.1) is 11.3 Å². The lowest BCUT2D eigenvalue weighted by molar-refractivity contribution is 0.314. The van der Waals surface area contributed by atoms with Crippen LogP contribution in [0, 0.1) is 12.8 Å². The van der Waals surface area contributed by atoms with Gasteiger partial charge >= 0.3 is 0 Å². The van der Waals surface area contributed by atoms with Crippen molar-refractivity contribution in [1.29, 1.82) is 0 Å². The molecule has 108 valence electrons. The summed E-state index contributed by atoms with van der Waals surface area (Å²) >= 11 is 1.95. The van der Waals surface area contributed by atoms with Gasteiger partial charge in [0.1, 0.15) is 0 Å². The lowest BCUT2D eigenvalue weighted by atomic mass is 9.80. The summed E-state index contributed by atoms with van der Waals surface area (Å²) in [6, 6.07) is 0.446. The van der Waals surface area contributed by atoms with Gasteiger partial charge in [-0.3, -0.25) is 0 Å². The van der Waals surface area contributed by atoms with Gasteiger partial charge in [-0.1, -0.05) is 33.1 Å². The Kier molecular flexibility index (Phi) is 5.40. The first-order valence-corrected chi connectivity index (χ1v) is 8.67. The number of aryl methyl sites for hydroxylation is 1. The Hall–Kier alpha value is -0.410. The van der Waals surface area contributed by atoms with Crippen molar-refractivity contribution in [2.75, 3.05) is 6.54 Å². The Labute approximate surface area is 122 Å². The summed E-state index contributed by atoms with van der Waals surface area (Å²) in [5, 5.41) is 4.91. The maximum absolute atomic E-state index is 4.88. The topological polar surface area (TPSA) is 24.9 Å². The van der Waals surface area contributed by atoms with Crippen molar-refractivity contribution in [2.24, 2.45) is 5.92 Å². The van der Waals surface area contributed by atoms with Gasteiger partial charge < -0.3 is 5.32 Å². The Balaban J connectivity index is 2.10. The number of thiazole rings is 1. The van der Waals surface area contributed by atoms with Crippen molar-refractivity contribution >= 4 is 11.3 Å². The highest BCUT2D eigenvalue weighted by atomic mass is 32.1. The molecule has 2 nitrogen and oxygen atoms in total. The van der Waals surface area contributed by atoms with E-state index in [1.807, 2.05) is 11.3 Å². The number of hydrogen-bond donors (Lipinski definition) is 1. The van der Waals surface area contributed by atoms with Crippen molar-refractivity contribution < 1.29 is 0 Å². The summed E-state index contributed by atoms with van der Waals surface area (Å²) < 4.78 is 0. The molecule has 1 aromatic heterocycles. The largest absolute Gasteiger partial charge is 0.310 e. The molecule has 0 amide bonds. The summed E-state index contributed by atoms with van der Waals surface area (Å²) in [6.07, 6.45) is 6.86. The van der Waals surface area contributed by atoms with Crippen molar-refractivity contribution in [3.05, 3.63) is 15.6 Å². The van der Waals surface area contributed by atoms with Gasteiger partial charge in [-0.05, 0) is 39.2 Å². The second-order valence-electron chi connectivity index (χ2n) is 5.92.